The van der Waals surface area contributed by atoms with Crippen LogP contribution in [-0.4, -0.2) is 32.3 Å². The van der Waals surface area contributed by atoms with Crippen molar-refractivity contribution in [2.75, 3.05) is 6.54 Å². The summed E-state index contributed by atoms with van der Waals surface area (Å²) in [7, 11) is 0. The first-order valence-electron chi connectivity index (χ1n) is 9.49. The third-order valence-electron chi connectivity index (χ3n) is 5.95. The number of nitrogens with one attached hydrogen (secondary N) is 1. The number of carbonyl (C=O) groups excluding carboxylic acids is 1. The molecule has 3 heterocycles. The number of rotatable bonds is 3. The van der Waals surface area contributed by atoms with E-state index in [2.05, 4.69) is 46.1 Å². The van der Waals surface area contributed by atoms with E-state index in [0.29, 0.717) is 6.54 Å². The van der Waals surface area contributed by atoms with Crippen molar-refractivity contribution in [2.24, 2.45) is 0 Å². The Morgan fingerprint density at radius 1 is 1.22 bits per heavy atom. The van der Waals surface area contributed by atoms with Crippen molar-refractivity contribution in [1.82, 2.24) is 19.9 Å². The van der Waals surface area contributed by atoms with Crippen LogP contribution in [0.15, 0.2) is 55.1 Å². The minimum Gasteiger partial charge on any atom is -0.348 e. The zero-order valence-corrected chi connectivity index (χ0v) is 15.4. The molecular formula is C22H22N4O. The molecule has 1 amide bonds. The van der Waals surface area contributed by atoms with Crippen LogP contribution in [0.5, 0.6) is 0 Å². The fourth-order valence-electron chi connectivity index (χ4n) is 4.27. The molecule has 0 saturated heterocycles. The van der Waals surface area contributed by atoms with Gasteiger partial charge in [0.1, 0.15) is 6.04 Å². The van der Waals surface area contributed by atoms with E-state index in [1.54, 1.807) is 12.5 Å². The summed E-state index contributed by atoms with van der Waals surface area (Å²) in [6.07, 6.45) is 7.98. The molecule has 5 heteroatoms. The van der Waals surface area contributed by atoms with Crippen molar-refractivity contribution in [1.29, 1.82) is 0 Å². The van der Waals surface area contributed by atoms with E-state index in [9.17, 15) is 4.79 Å². The summed E-state index contributed by atoms with van der Waals surface area (Å²) in [6, 6.07) is 12.2. The van der Waals surface area contributed by atoms with E-state index >= 15 is 0 Å². The summed E-state index contributed by atoms with van der Waals surface area (Å²) in [5, 5.41) is 0. The lowest BCUT2D eigenvalue weighted by Crippen LogP contribution is -2.45. The van der Waals surface area contributed by atoms with Crippen LogP contribution in [0.4, 0.5) is 0 Å². The Kier molecular flexibility index (Phi) is 3.64. The van der Waals surface area contributed by atoms with E-state index in [1.807, 2.05) is 23.2 Å². The summed E-state index contributed by atoms with van der Waals surface area (Å²) < 4.78 is 0. The number of carbonyl (C=O) groups is 1. The maximum atomic E-state index is 13.8. The fourth-order valence-corrected chi connectivity index (χ4v) is 4.27. The van der Waals surface area contributed by atoms with Crippen LogP contribution < -0.4 is 0 Å². The van der Waals surface area contributed by atoms with Gasteiger partial charge < -0.3 is 9.88 Å². The average molecular weight is 358 g/mol. The maximum Gasteiger partial charge on any atom is 0.234 e. The van der Waals surface area contributed by atoms with E-state index in [4.69, 9.17) is 0 Å². The highest BCUT2D eigenvalue weighted by molar-refractivity contribution is 5.92. The van der Waals surface area contributed by atoms with Crippen LogP contribution in [0.25, 0.3) is 0 Å². The normalized spacial score (nSPS) is 20.2. The maximum absolute atomic E-state index is 13.8. The van der Waals surface area contributed by atoms with E-state index < -0.39 is 0 Å². The second-order valence-corrected chi connectivity index (χ2v) is 7.65. The summed E-state index contributed by atoms with van der Waals surface area (Å²) in [5.74, 6) is 0.217. The molecular weight excluding hydrogens is 336 g/mol. The van der Waals surface area contributed by atoms with Gasteiger partial charge in [-0.3, -0.25) is 9.78 Å². The molecule has 2 aliphatic rings. The molecule has 1 aliphatic heterocycles. The van der Waals surface area contributed by atoms with Crippen molar-refractivity contribution in [3.63, 3.8) is 0 Å². The van der Waals surface area contributed by atoms with Crippen LogP contribution in [0.3, 0.4) is 0 Å². The number of imidazole rings is 1. The number of nitrogens with zero attached hydrogens (tertiary/aromatic N) is 3. The quantitative estimate of drug-likeness (QED) is 0.781. The number of hydrogen-bond acceptors (Lipinski definition) is 3. The number of amides is 1. The van der Waals surface area contributed by atoms with Gasteiger partial charge in [0.15, 0.2) is 0 Å². The van der Waals surface area contributed by atoms with Crippen molar-refractivity contribution >= 4 is 5.91 Å². The van der Waals surface area contributed by atoms with Gasteiger partial charge in [-0.15, -0.1) is 0 Å². The molecule has 1 fully saturated rings. The molecule has 136 valence electrons. The molecule has 27 heavy (non-hydrogen) atoms. The Hall–Kier alpha value is -2.95. The molecule has 1 atom stereocenters. The average Bonchev–Trinajstić information content (AvgIpc) is 3.38. The molecule has 5 nitrogen and oxygen atoms in total. The largest absolute Gasteiger partial charge is 0.348 e. The first-order valence-corrected chi connectivity index (χ1v) is 9.49. The topological polar surface area (TPSA) is 61.9 Å². The van der Waals surface area contributed by atoms with Crippen LogP contribution in [0.1, 0.15) is 47.0 Å². The highest BCUT2D eigenvalue weighted by atomic mass is 16.2. The highest BCUT2D eigenvalue weighted by Gasteiger charge is 2.54. The fraction of sp³-hybridized carbons (Fsp3) is 0.318. The number of benzene rings is 1. The van der Waals surface area contributed by atoms with Crippen molar-refractivity contribution in [3.8, 4) is 0 Å². The Bertz CT molecular complexity index is 973. The SMILES string of the molecule is Cc1ccc(C2(C(=O)N3CCc4[nH]cnc4C3c3cccnc3)CC2)cc1. The zero-order chi connectivity index (χ0) is 18.4. The van der Waals surface area contributed by atoms with Gasteiger partial charge in [0.05, 0.1) is 17.4 Å². The van der Waals surface area contributed by atoms with Gasteiger partial charge in [0.2, 0.25) is 5.91 Å². The molecule has 1 saturated carbocycles. The third kappa shape index (κ3) is 2.57. The molecule has 5 rings (SSSR count). The minimum absolute atomic E-state index is 0.177. The summed E-state index contributed by atoms with van der Waals surface area (Å²) in [4.78, 5) is 27.8. The van der Waals surface area contributed by atoms with Gasteiger partial charge in [-0.25, -0.2) is 4.98 Å². The molecule has 3 aromatic rings. The standard InChI is InChI=1S/C22H22N4O/c1-15-4-6-17(7-5-15)22(9-10-22)21(27)26-12-8-18-19(25-14-24-18)20(26)16-3-2-11-23-13-16/h2-7,11,13-14,20H,8-10,12H2,1H3,(H,24,25). The lowest BCUT2D eigenvalue weighted by Gasteiger charge is -2.37. The van der Waals surface area contributed by atoms with Gasteiger partial charge in [0.25, 0.3) is 0 Å². The number of aromatic nitrogens is 3. The number of aryl methyl sites for hydroxylation is 1. The molecule has 1 unspecified atom stereocenters. The van der Waals surface area contributed by atoms with Crippen molar-refractivity contribution < 1.29 is 4.79 Å². The van der Waals surface area contributed by atoms with Gasteiger partial charge in [-0.05, 0) is 37.0 Å². The lowest BCUT2D eigenvalue weighted by molar-refractivity contribution is -0.136. The molecule has 0 spiro atoms. The van der Waals surface area contributed by atoms with Crippen LogP contribution in [0, 0.1) is 6.92 Å². The van der Waals surface area contributed by atoms with Crippen molar-refractivity contribution in [3.05, 3.63) is 83.2 Å². The number of H-pyrrole nitrogens is 1. The second kappa shape index (κ2) is 6.05. The zero-order valence-electron chi connectivity index (χ0n) is 15.4. The van der Waals surface area contributed by atoms with E-state index in [1.165, 1.54) is 5.56 Å². The van der Waals surface area contributed by atoms with Crippen molar-refractivity contribution in [2.45, 2.75) is 37.6 Å². The van der Waals surface area contributed by atoms with Crippen LogP contribution in [-0.2, 0) is 16.6 Å². The predicted molar refractivity (Wildman–Crippen MR) is 102 cm³/mol. The molecule has 0 radical (unpaired) electrons. The molecule has 2 aromatic heterocycles. The smallest absolute Gasteiger partial charge is 0.234 e. The molecule has 1 N–H and O–H groups in total. The predicted octanol–water partition coefficient (Wildman–Crippen LogP) is 3.32. The second-order valence-electron chi connectivity index (χ2n) is 7.65. The molecule has 1 aromatic carbocycles. The number of fused-ring (bicyclic) bond motifs is 1. The van der Waals surface area contributed by atoms with Crippen LogP contribution in [0.2, 0.25) is 0 Å². The Labute approximate surface area is 158 Å². The first-order chi connectivity index (χ1) is 13.2. The van der Waals surface area contributed by atoms with Gasteiger partial charge in [-0.2, -0.15) is 0 Å². The first kappa shape index (κ1) is 16.2. The molecule has 0 bridgehead atoms. The Morgan fingerprint density at radius 3 is 2.74 bits per heavy atom. The molecule has 1 aliphatic carbocycles. The van der Waals surface area contributed by atoms with E-state index in [-0.39, 0.29) is 17.4 Å². The summed E-state index contributed by atoms with van der Waals surface area (Å²) >= 11 is 0. The van der Waals surface area contributed by atoms with Gasteiger partial charge in [0, 0.05) is 31.1 Å². The van der Waals surface area contributed by atoms with Crippen LogP contribution >= 0.6 is 0 Å². The number of hydrogen-bond donors (Lipinski definition) is 1. The third-order valence-corrected chi connectivity index (χ3v) is 5.95. The van der Waals surface area contributed by atoms with Gasteiger partial charge in [-0.1, -0.05) is 35.9 Å². The number of aromatic amines is 1. The number of pyridine rings is 1. The minimum atomic E-state index is -0.373. The Balaban J connectivity index is 1.55. The Morgan fingerprint density at radius 2 is 2.04 bits per heavy atom. The summed E-state index contributed by atoms with van der Waals surface area (Å²) in [6.45, 7) is 2.77. The monoisotopic (exact) mass is 358 g/mol. The van der Waals surface area contributed by atoms with Gasteiger partial charge >= 0.3 is 0 Å². The lowest BCUT2D eigenvalue weighted by atomic mass is 9.90. The highest BCUT2D eigenvalue weighted by Crippen LogP contribution is 2.51. The van der Waals surface area contributed by atoms with E-state index in [0.717, 1.165) is 41.8 Å². The summed E-state index contributed by atoms with van der Waals surface area (Å²) in [5.41, 5.74) is 5.06.